The van der Waals surface area contributed by atoms with Crippen LogP contribution in [0.15, 0.2) is 29.3 Å². The Labute approximate surface area is 117 Å². The van der Waals surface area contributed by atoms with Gasteiger partial charge in [0.2, 0.25) is 0 Å². The van der Waals surface area contributed by atoms with Crippen molar-refractivity contribution in [1.29, 1.82) is 0 Å². The first-order chi connectivity index (χ1) is 9.65. The molecule has 20 heavy (non-hydrogen) atoms. The average Bonchev–Trinajstić information content (AvgIpc) is 2.42. The first-order valence-corrected chi connectivity index (χ1v) is 6.13. The van der Waals surface area contributed by atoms with Gasteiger partial charge in [-0.05, 0) is 17.7 Å². The molecule has 0 aliphatic carbocycles. The van der Waals surface area contributed by atoms with Gasteiger partial charge >= 0.3 is 6.61 Å². The molecule has 0 saturated carbocycles. The van der Waals surface area contributed by atoms with Crippen LogP contribution in [0.3, 0.4) is 0 Å². The van der Waals surface area contributed by atoms with Crippen LogP contribution in [0, 0.1) is 0 Å². The summed E-state index contributed by atoms with van der Waals surface area (Å²) in [6, 6.07) is 6.52. The van der Waals surface area contributed by atoms with Crippen LogP contribution < -0.4 is 15.4 Å². The summed E-state index contributed by atoms with van der Waals surface area (Å²) in [6.45, 7) is -1.17. The van der Waals surface area contributed by atoms with E-state index in [9.17, 15) is 8.78 Å². The van der Waals surface area contributed by atoms with Crippen molar-refractivity contribution in [2.45, 2.75) is 13.2 Å². The van der Waals surface area contributed by atoms with Gasteiger partial charge in [0.05, 0.1) is 6.61 Å². The van der Waals surface area contributed by atoms with Crippen LogP contribution in [0.25, 0.3) is 0 Å². The maximum atomic E-state index is 12.1. The number of guanidine groups is 1. The van der Waals surface area contributed by atoms with Crippen molar-refractivity contribution in [2.75, 3.05) is 27.3 Å². The Hall–Kier alpha value is -1.89. The average molecular weight is 287 g/mol. The summed E-state index contributed by atoms with van der Waals surface area (Å²) in [5, 5.41) is 6.12. The molecule has 0 saturated heterocycles. The van der Waals surface area contributed by atoms with E-state index in [1.54, 1.807) is 26.3 Å². The number of nitrogens with one attached hydrogen (secondary N) is 2. The molecule has 0 fully saturated rings. The fraction of sp³-hybridized carbons (Fsp3) is 0.462. The molecule has 0 spiro atoms. The van der Waals surface area contributed by atoms with Gasteiger partial charge in [-0.1, -0.05) is 12.1 Å². The quantitative estimate of drug-likeness (QED) is 0.454. The third-order valence-corrected chi connectivity index (χ3v) is 2.41. The minimum atomic E-state index is -2.82. The van der Waals surface area contributed by atoms with Crippen molar-refractivity contribution in [3.05, 3.63) is 29.8 Å². The van der Waals surface area contributed by atoms with E-state index in [0.29, 0.717) is 25.7 Å². The van der Waals surface area contributed by atoms with Gasteiger partial charge in [0.15, 0.2) is 5.96 Å². The minimum Gasteiger partial charge on any atom is -0.435 e. The topological polar surface area (TPSA) is 54.9 Å². The van der Waals surface area contributed by atoms with Crippen LogP contribution in [-0.2, 0) is 11.3 Å². The lowest BCUT2D eigenvalue weighted by atomic mass is 10.2. The number of nitrogens with zero attached hydrogens (tertiary/aromatic N) is 1. The van der Waals surface area contributed by atoms with E-state index in [2.05, 4.69) is 20.4 Å². The monoisotopic (exact) mass is 287 g/mol. The van der Waals surface area contributed by atoms with Crippen LogP contribution in [0.2, 0.25) is 0 Å². The van der Waals surface area contributed by atoms with E-state index in [4.69, 9.17) is 4.74 Å². The predicted octanol–water partition coefficient (Wildman–Crippen LogP) is 1.60. The SMILES string of the molecule is CN=C(NCCOC)NCc1cccc(OC(F)F)c1. The van der Waals surface area contributed by atoms with Crippen LogP contribution in [0.1, 0.15) is 5.56 Å². The number of rotatable bonds is 7. The van der Waals surface area contributed by atoms with Crippen LogP contribution in [-0.4, -0.2) is 39.9 Å². The molecule has 0 aromatic heterocycles. The maximum absolute atomic E-state index is 12.1. The van der Waals surface area contributed by atoms with Crippen LogP contribution in [0.4, 0.5) is 8.78 Å². The standard InChI is InChI=1S/C13H19F2N3O2/c1-16-13(17-6-7-19-2)18-9-10-4-3-5-11(8-10)20-12(14)15/h3-5,8,12H,6-7,9H2,1-2H3,(H2,16,17,18). The summed E-state index contributed by atoms with van der Waals surface area (Å²) >= 11 is 0. The number of halogens is 2. The van der Waals surface area contributed by atoms with Crippen molar-refractivity contribution in [1.82, 2.24) is 10.6 Å². The zero-order chi connectivity index (χ0) is 14.8. The number of hydrogen-bond acceptors (Lipinski definition) is 3. The normalized spacial score (nSPS) is 11.6. The molecule has 0 bridgehead atoms. The molecule has 0 unspecified atom stereocenters. The Morgan fingerprint density at radius 1 is 1.35 bits per heavy atom. The van der Waals surface area contributed by atoms with Gasteiger partial charge in [0.1, 0.15) is 5.75 Å². The molecule has 0 heterocycles. The Bertz CT molecular complexity index is 428. The van der Waals surface area contributed by atoms with Gasteiger partial charge in [0.25, 0.3) is 0 Å². The summed E-state index contributed by atoms with van der Waals surface area (Å²) in [5.74, 6) is 0.754. The first kappa shape index (κ1) is 16.2. The summed E-state index contributed by atoms with van der Waals surface area (Å²) in [4.78, 5) is 4.03. The second-order valence-corrected chi connectivity index (χ2v) is 3.87. The number of ether oxygens (including phenoxy) is 2. The molecule has 0 aliphatic rings. The molecule has 0 radical (unpaired) electrons. The molecule has 5 nitrogen and oxygen atoms in total. The highest BCUT2D eigenvalue weighted by Gasteiger charge is 2.05. The van der Waals surface area contributed by atoms with Crippen molar-refractivity contribution >= 4 is 5.96 Å². The fourth-order valence-electron chi connectivity index (χ4n) is 1.51. The lowest BCUT2D eigenvalue weighted by molar-refractivity contribution is -0.0498. The third-order valence-electron chi connectivity index (χ3n) is 2.41. The molecule has 7 heteroatoms. The van der Waals surface area contributed by atoms with Crippen LogP contribution >= 0.6 is 0 Å². The minimum absolute atomic E-state index is 0.140. The zero-order valence-corrected chi connectivity index (χ0v) is 11.5. The van der Waals surface area contributed by atoms with Crippen LogP contribution in [0.5, 0.6) is 5.75 Å². The largest absolute Gasteiger partial charge is 0.435 e. The van der Waals surface area contributed by atoms with Crippen molar-refractivity contribution < 1.29 is 18.3 Å². The summed E-state index contributed by atoms with van der Waals surface area (Å²) in [5.41, 5.74) is 0.817. The highest BCUT2D eigenvalue weighted by molar-refractivity contribution is 5.79. The van der Waals surface area contributed by atoms with Gasteiger partial charge in [-0.2, -0.15) is 8.78 Å². The third kappa shape index (κ3) is 6.33. The summed E-state index contributed by atoms with van der Waals surface area (Å²) in [7, 11) is 3.27. The predicted molar refractivity (Wildman–Crippen MR) is 73.2 cm³/mol. The molecule has 2 N–H and O–H groups in total. The van der Waals surface area contributed by atoms with E-state index >= 15 is 0 Å². The summed E-state index contributed by atoms with van der Waals surface area (Å²) < 4.78 is 33.5. The molecule has 0 atom stereocenters. The second kappa shape index (κ2) is 9.08. The molecule has 0 amide bonds. The van der Waals surface area contributed by atoms with Gasteiger partial charge in [0, 0.05) is 27.2 Å². The molecular formula is C13H19F2N3O2. The second-order valence-electron chi connectivity index (χ2n) is 3.87. The van der Waals surface area contributed by atoms with E-state index in [1.165, 1.54) is 6.07 Å². The number of aliphatic imine (C=N–C) groups is 1. The zero-order valence-electron chi connectivity index (χ0n) is 11.5. The van der Waals surface area contributed by atoms with E-state index in [-0.39, 0.29) is 5.75 Å². The Kier molecular flexibility index (Phi) is 7.34. The maximum Gasteiger partial charge on any atom is 0.387 e. The molecule has 1 aromatic rings. The van der Waals surface area contributed by atoms with Gasteiger partial charge in [-0.3, -0.25) is 4.99 Å². The van der Waals surface area contributed by atoms with Gasteiger partial charge in [-0.25, -0.2) is 0 Å². The Morgan fingerprint density at radius 2 is 2.15 bits per heavy atom. The molecular weight excluding hydrogens is 268 g/mol. The van der Waals surface area contributed by atoms with Gasteiger partial charge in [-0.15, -0.1) is 0 Å². The van der Waals surface area contributed by atoms with Gasteiger partial charge < -0.3 is 20.1 Å². The first-order valence-electron chi connectivity index (χ1n) is 6.13. The molecule has 1 aromatic carbocycles. The smallest absolute Gasteiger partial charge is 0.387 e. The molecule has 112 valence electrons. The lowest BCUT2D eigenvalue weighted by Gasteiger charge is -2.12. The Balaban J connectivity index is 2.47. The fourth-order valence-corrected chi connectivity index (χ4v) is 1.51. The number of methoxy groups -OCH3 is 1. The van der Waals surface area contributed by atoms with E-state index in [1.807, 2.05) is 6.07 Å². The highest BCUT2D eigenvalue weighted by atomic mass is 19.3. The lowest BCUT2D eigenvalue weighted by Crippen LogP contribution is -2.38. The highest BCUT2D eigenvalue weighted by Crippen LogP contribution is 2.15. The number of alkyl halides is 2. The van der Waals surface area contributed by atoms with Crippen molar-refractivity contribution in [2.24, 2.45) is 4.99 Å². The molecule has 1 rings (SSSR count). The summed E-state index contributed by atoms with van der Waals surface area (Å²) in [6.07, 6.45) is 0. The van der Waals surface area contributed by atoms with E-state index < -0.39 is 6.61 Å². The van der Waals surface area contributed by atoms with Crippen molar-refractivity contribution in [3.8, 4) is 5.75 Å². The molecule has 0 aliphatic heterocycles. The Morgan fingerprint density at radius 3 is 2.80 bits per heavy atom. The number of benzene rings is 1. The van der Waals surface area contributed by atoms with E-state index in [0.717, 1.165) is 5.56 Å². The van der Waals surface area contributed by atoms with Crippen molar-refractivity contribution in [3.63, 3.8) is 0 Å². The number of hydrogen-bond donors (Lipinski definition) is 2.